The van der Waals surface area contributed by atoms with Crippen LogP contribution in [-0.2, 0) is 4.79 Å². The molecule has 11 heteroatoms. The summed E-state index contributed by atoms with van der Waals surface area (Å²) in [5, 5.41) is 0.840. The maximum absolute atomic E-state index is 15.3. The monoisotopic (exact) mass is 634 g/mol. The van der Waals surface area contributed by atoms with Crippen LogP contribution >= 0.6 is 11.8 Å². The van der Waals surface area contributed by atoms with E-state index in [9.17, 15) is 14.0 Å². The molecule has 0 N–H and O–H groups in total. The molecule has 238 valence electrons. The van der Waals surface area contributed by atoms with Gasteiger partial charge in [-0.25, -0.2) is 13.6 Å². The van der Waals surface area contributed by atoms with E-state index in [1.807, 2.05) is 36.3 Å². The summed E-state index contributed by atoms with van der Waals surface area (Å²) in [6.07, 6.45) is 3.94. The van der Waals surface area contributed by atoms with Gasteiger partial charge in [0.25, 0.3) is 0 Å². The topological polar surface area (TPSA) is 64.9 Å². The summed E-state index contributed by atoms with van der Waals surface area (Å²) in [5.41, 5.74) is 2.29. The zero-order valence-corrected chi connectivity index (χ0v) is 27.0. The van der Waals surface area contributed by atoms with Crippen molar-refractivity contribution in [2.45, 2.75) is 62.7 Å². The maximum atomic E-state index is 15.3. The first-order valence-corrected chi connectivity index (χ1v) is 17.0. The Hall–Kier alpha value is -3.28. The molecule has 1 aliphatic carbocycles. The summed E-state index contributed by atoms with van der Waals surface area (Å²) in [6, 6.07) is 6.15. The molecule has 0 radical (unpaired) electrons. The van der Waals surface area contributed by atoms with Gasteiger partial charge in [-0.15, -0.1) is 11.8 Å². The molecule has 0 bridgehead atoms. The molecule has 4 heterocycles. The number of hydrogen-bond donors (Lipinski definition) is 0. The number of carbonyl (C=O) groups is 1. The second kappa shape index (κ2) is 11.8. The minimum absolute atomic E-state index is 0.0943. The van der Waals surface area contributed by atoms with Gasteiger partial charge in [0.1, 0.15) is 17.5 Å². The Morgan fingerprint density at radius 3 is 2.53 bits per heavy atom. The highest BCUT2D eigenvalue weighted by Gasteiger charge is 2.37. The second-order valence-electron chi connectivity index (χ2n) is 13.1. The maximum Gasteiger partial charge on any atom is 0.350 e. The first kappa shape index (κ1) is 30.4. The molecule has 0 unspecified atom stereocenters. The lowest BCUT2D eigenvalue weighted by Crippen LogP contribution is -2.58. The van der Waals surface area contributed by atoms with Crippen LogP contribution in [0.4, 0.5) is 14.6 Å². The molecular formula is C34H40F2N6O2S. The lowest BCUT2D eigenvalue weighted by Gasteiger charge is -2.45. The number of anilines is 1. The molecule has 7 rings (SSSR count). The first-order chi connectivity index (χ1) is 21.6. The average Bonchev–Trinajstić information content (AvgIpc) is 3.87. The Balaban J connectivity index is 1.34. The van der Waals surface area contributed by atoms with Crippen molar-refractivity contribution in [2.75, 3.05) is 56.5 Å². The number of nitrogens with zero attached hydrogens (tertiary/aromatic N) is 6. The number of aryl methyl sites for hydroxylation is 1. The van der Waals surface area contributed by atoms with Crippen LogP contribution in [0.15, 0.2) is 46.6 Å². The summed E-state index contributed by atoms with van der Waals surface area (Å²) in [6.45, 7) is 15.4. The number of thioether (sulfide) groups is 1. The summed E-state index contributed by atoms with van der Waals surface area (Å²) >= 11 is 1.65. The number of benzene rings is 2. The SMILES string of the molecule is C=CC(=O)N1C[C@H](C)N(c2nc(=O)n3c4c(c(-c5ccc(F)cc5F)c(C)cc24)SC[C@@H]3CN2CCN(C3CC3)CC2)C[C@H]1C. The fourth-order valence-electron chi connectivity index (χ4n) is 7.50. The highest BCUT2D eigenvalue weighted by atomic mass is 32.2. The molecule has 2 aromatic carbocycles. The van der Waals surface area contributed by atoms with E-state index in [1.165, 1.54) is 31.1 Å². The fourth-order valence-corrected chi connectivity index (χ4v) is 8.87. The minimum atomic E-state index is -0.626. The van der Waals surface area contributed by atoms with Gasteiger partial charge in [0.15, 0.2) is 0 Å². The van der Waals surface area contributed by atoms with Crippen molar-refractivity contribution >= 4 is 34.4 Å². The van der Waals surface area contributed by atoms with Crippen molar-refractivity contribution in [1.29, 1.82) is 0 Å². The molecular weight excluding hydrogens is 594 g/mol. The van der Waals surface area contributed by atoms with E-state index >= 15 is 4.39 Å². The highest BCUT2D eigenvalue weighted by Crippen LogP contribution is 2.47. The molecule has 4 aliphatic rings. The summed E-state index contributed by atoms with van der Waals surface area (Å²) in [5.74, 6) is -0.123. The summed E-state index contributed by atoms with van der Waals surface area (Å²) < 4.78 is 31.1. The molecule has 3 aliphatic heterocycles. The Bertz CT molecular complexity index is 1730. The van der Waals surface area contributed by atoms with Gasteiger partial charge in [-0.05, 0) is 63.5 Å². The fraction of sp³-hybridized carbons (Fsp3) is 0.500. The Morgan fingerprint density at radius 2 is 1.84 bits per heavy atom. The lowest BCUT2D eigenvalue weighted by molar-refractivity contribution is -0.128. The third kappa shape index (κ3) is 5.46. The van der Waals surface area contributed by atoms with Gasteiger partial charge in [0.05, 0.1) is 11.6 Å². The van der Waals surface area contributed by atoms with Crippen molar-refractivity contribution in [2.24, 2.45) is 0 Å². The second-order valence-corrected chi connectivity index (χ2v) is 14.1. The Kier molecular flexibility index (Phi) is 7.98. The number of aromatic nitrogens is 2. The molecule has 3 fully saturated rings. The van der Waals surface area contributed by atoms with Crippen molar-refractivity contribution < 1.29 is 13.6 Å². The van der Waals surface area contributed by atoms with Gasteiger partial charge in [-0.2, -0.15) is 4.98 Å². The van der Waals surface area contributed by atoms with Crippen LogP contribution in [0.2, 0.25) is 0 Å². The molecule has 45 heavy (non-hydrogen) atoms. The zero-order valence-electron chi connectivity index (χ0n) is 26.1. The van der Waals surface area contributed by atoms with Crippen LogP contribution in [-0.4, -0.2) is 99.8 Å². The van der Waals surface area contributed by atoms with Crippen molar-refractivity contribution in [1.82, 2.24) is 24.3 Å². The smallest absolute Gasteiger partial charge is 0.349 e. The molecule has 3 atom stereocenters. The van der Waals surface area contributed by atoms with Gasteiger partial charge in [-0.1, -0.05) is 6.58 Å². The molecule has 1 amide bonds. The van der Waals surface area contributed by atoms with Gasteiger partial charge in [-0.3, -0.25) is 19.2 Å². The number of rotatable bonds is 6. The molecule has 1 saturated carbocycles. The van der Waals surface area contributed by atoms with Gasteiger partial charge in [0.2, 0.25) is 5.91 Å². The van der Waals surface area contributed by atoms with E-state index in [0.29, 0.717) is 35.8 Å². The average molecular weight is 635 g/mol. The molecule has 8 nitrogen and oxygen atoms in total. The van der Waals surface area contributed by atoms with Crippen LogP contribution < -0.4 is 10.6 Å². The zero-order chi connectivity index (χ0) is 31.6. The summed E-state index contributed by atoms with van der Waals surface area (Å²) in [7, 11) is 0. The standard InChI is InChI=1S/C34H40F2N6O2S/c1-5-29(43)40-16-22(4)41(17-21(40)3)33-27-14-20(2)30(26-9-6-23(35)15-28(26)36)32-31(27)42(34(44)37-33)25(19-45-32)18-38-10-12-39(13-11-38)24-7-8-24/h5-6,9,14-15,21-22,24-25H,1,7-8,10-13,16-19H2,2-4H3/t21-,22+,25+/m1/s1. The van der Waals surface area contributed by atoms with Crippen LogP contribution in [0.3, 0.4) is 0 Å². The number of amides is 1. The number of carbonyl (C=O) groups excluding carboxylic acids is 1. The normalized spacial score (nSPS) is 24.3. The predicted octanol–water partition coefficient (Wildman–Crippen LogP) is 4.69. The van der Waals surface area contributed by atoms with E-state index in [1.54, 1.807) is 11.8 Å². The molecule has 2 saturated heterocycles. The van der Waals surface area contributed by atoms with Gasteiger partial charge >= 0.3 is 5.69 Å². The number of halogens is 2. The number of piperazine rings is 2. The van der Waals surface area contributed by atoms with Gasteiger partial charge in [0, 0.05) is 97.2 Å². The third-order valence-corrected chi connectivity index (χ3v) is 11.2. The van der Waals surface area contributed by atoms with Crippen molar-refractivity contribution in [3.8, 4) is 11.1 Å². The minimum Gasteiger partial charge on any atom is -0.349 e. The van der Waals surface area contributed by atoms with Crippen molar-refractivity contribution in [3.63, 3.8) is 0 Å². The summed E-state index contributed by atoms with van der Waals surface area (Å²) in [4.78, 5) is 41.3. The largest absolute Gasteiger partial charge is 0.350 e. The number of hydrogen-bond acceptors (Lipinski definition) is 7. The van der Waals surface area contributed by atoms with E-state index in [4.69, 9.17) is 4.98 Å². The quantitative estimate of drug-likeness (QED) is 0.365. The van der Waals surface area contributed by atoms with Crippen LogP contribution in [0.5, 0.6) is 0 Å². The molecule has 1 aromatic heterocycles. The Morgan fingerprint density at radius 1 is 1.09 bits per heavy atom. The Labute approximate surface area is 266 Å². The third-order valence-electron chi connectivity index (χ3n) is 9.98. The van der Waals surface area contributed by atoms with Gasteiger partial charge < -0.3 is 9.80 Å². The first-order valence-electron chi connectivity index (χ1n) is 16.0. The van der Waals surface area contributed by atoms with E-state index in [2.05, 4.69) is 21.3 Å². The highest BCUT2D eigenvalue weighted by molar-refractivity contribution is 7.99. The molecule has 0 spiro atoms. The van der Waals surface area contributed by atoms with E-state index in [0.717, 1.165) is 66.2 Å². The van der Waals surface area contributed by atoms with E-state index in [-0.39, 0.29) is 29.7 Å². The molecule has 3 aromatic rings. The predicted molar refractivity (Wildman–Crippen MR) is 175 cm³/mol. The van der Waals surface area contributed by atoms with Crippen molar-refractivity contribution in [3.05, 3.63) is 64.6 Å². The lowest BCUT2D eigenvalue weighted by atomic mass is 9.96. The van der Waals surface area contributed by atoms with E-state index < -0.39 is 11.6 Å². The van der Waals surface area contributed by atoms with Crippen LogP contribution in [0.1, 0.15) is 38.3 Å². The van der Waals surface area contributed by atoms with Crippen LogP contribution in [0, 0.1) is 18.6 Å². The van der Waals surface area contributed by atoms with Crippen LogP contribution in [0.25, 0.3) is 22.0 Å².